The van der Waals surface area contributed by atoms with Gasteiger partial charge >= 0.3 is 0 Å². The summed E-state index contributed by atoms with van der Waals surface area (Å²) in [6.07, 6.45) is 6.61. The molecule has 1 aromatic carbocycles. The Morgan fingerprint density at radius 2 is 1.75 bits per heavy atom. The van der Waals surface area contributed by atoms with Crippen molar-refractivity contribution in [1.82, 2.24) is 0 Å². The van der Waals surface area contributed by atoms with Gasteiger partial charge in [-0.15, -0.1) is 11.3 Å². The number of rotatable bonds is 4. The van der Waals surface area contributed by atoms with E-state index in [1.165, 1.54) is 36.1 Å². The number of halogens is 1. The summed E-state index contributed by atoms with van der Waals surface area (Å²) in [5.41, 5.74) is 9.28. The lowest BCUT2D eigenvalue weighted by molar-refractivity contribution is -0.106. The third-order valence-corrected chi connectivity index (χ3v) is 7.59. The number of nitrogens with one attached hydrogen (secondary N) is 1. The Balaban J connectivity index is 0.000000706. The number of anilines is 1. The Labute approximate surface area is 170 Å². The third-order valence-electron chi connectivity index (χ3n) is 5.19. The summed E-state index contributed by atoms with van der Waals surface area (Å²) >= 11 is 1.10. The Kier molecular flexibility index (Phi) is 6.21. The number of aryl methyl sites for hydroxylation is 2. The molecule has 2 aromatic rings. The molecule has 0 aliphatic heterocycles. The molecule has 0 radical (unpaired) electrons. The van der Waals surface area contributed by atoms with E-state index in [0.717, 1.165) is 55.5 Å². The van der Waals surface area contributed by atoms with Crippen LogP contribution in [0, 0.1) is 5.82 Å². The van der Waals surface area contributed by atoms with Crippen molar-refractivity contribution in [2.75, 3.05) is 4.72 Å². The first kappa shape index (κ1) is 21.0. The van der Waals surface area contributed by atoms with E-state index in [-0.39, 0.29) is 16.2 Å². The van der Waals surface area contributed by atoms with E-state index in [0.29, 0.717) is 0 Å². The molecule has 152 valence electrons. The molecule has 0 spiro atoms. The van der Waals surface area contributed by atoms with Gasteiger partial charge in [0.05, 0.1) is 11.3 Å². The lowest BCUT2D eigenvalue weighted by Crippen LogP contribution is -2.17. The molecule has 1 unspecified atom stereocenters. The molecule has 1 amide bonds. The van der Waals surface area contributed by atoms with E-state index in [2.05, 4.69) is 16.5 Å². The standard InChI is InChI=1S/C19H22FNO2S2.CH3NO/c1-19(2,22)15-10-24-18(16(15)20)25(23)21-17-13-7-3-5-11(13)9-12-6-4-8-14(12)17;2-1-3/h9-10,21-22H,3-8H2,1-2H3;1H,(H2,2,3). The van der Waals surface area contributed by atoms with Crippen LogP contribution < -0.4 is 10.5 Å². The van der Waals surface area contributed by atoms with Gasteiger partial charge in [0, 0.05) is 10.9 Å². The van der Waals surface area contributed by atoms with Crippen LogP contribution in [0.4, 0.5) is 10.1 Å². The first-order valence-electron chi connectivity index (χ1n) is 9.28. The van der Waals surface area contributed by atoms with Gasteiger partial charge in [0.1, 0.15) is 4.21 Å². The molecule has 0 saturated carbocycles. The number of hydrogen-bond donors (Lipinski definition) is 3. The zero-order valence-corrected chi connectivity index (χ0v) is 17.6. The summed E-state index contributed by atoms with van der Waals surface area (Å²) in [7, 11) is -1.66. The summed E-state index contributed by atoms with van der Waals surface area (Å²) in [6, 6.07) is 2.32. The van der Waals surface area contributed by atoms with Gasteiger partial charge < -0.3 is 10.8 Å². The maximum Gasteiger partial charge on any atom is 0.204 e. The highest BCUT2D eigenvalue weighted by Gasteiger charge is 2.29. The van der Waals surface area contributed by atoms with Gasteiger partial charge in [0.15, 0.2) is 16.8 Å². The number of primary amides is 1. The minimum Gasteiger partial charge on any atom is -0.386 e. The summed E-state index contributed by atoms with van der Waals surface area (Å²) < 4.78 is 30.8. The quantitative estimate of drug-likeness (QED) is 0.658. The van der Waals surface area contributed by atoms with Gasteiger partial charge in [-0.2, -0.15) is 0 Å². The lowest BCUT2D eigenvalue weighted by Gasteiger charge is -2.17. The van der Waals surface area contributed by atoms with Crippen molar-refractivity contribution in [2.24, 2.45) is 5.73 Å². The average Bonchev–Trinajstić information content (AvgIpc) is 3.33. The smallest absolute Gasteiger partial charge is 0.204 e. The summed E-state index contributed by atoms with van der Waals surface area (Å²) in [5.74, 6) is -0.562. The maximum absolute atomic E-state index is 14.6. The molecule has 5 nitrogen and oxygen atoms in total. The molecule has 4 N–H and O–H groups in total. The second-order valence-corrected chi connectivity index (χ2v) is 9.84. The number of carbonyl (C=O) groups is 1. The zero-order chi connectivity index (χ0) is 20.5. The molecular formula is C20H25FN2O3S2. The van der Waals surface area contributed by atoms with Crippen molar-refractivity contribution in [3.8, 4) is 0 Å². The van der Waals surface area contributed by atoms with Gasteiger partial charge in [-0.25, -0.2) is 8.60 Å². The number of fused-ring (bicyclic) bond motifs is 2. The normalized spacial score (nSPS) is 16.0. The highest BCUT2D eigenvalue weighted by Crippen LogP contribution is 2.40. The SMILES string of the molecule is CC(C)(O)c1csc(S(=O)Nc2c3c(cc4c2CCC4)CCC3)c1F.NC=O. The third kappa shape index (κ3) is 3.99. The summed E-state index contributed by atoms with van der Waals surface area (Å²) in [4.78, 5) is 8.58. The van der Waals surface area contributed by atoms with Gasteiger partial charge in [0.25, 0.3) is 0 Å². The number of aliphatic hydroxyl groups is 1. The van der Waals surface area contributed by atoms with Crippen molar-refractivity contribution in [2.45, 2.75) is 62.2 Å². The van der Waals surface area contributed by atoms with E-state index in [1.807, 2.05) is 0 Å². The highest BCUT2D eigenvalue weighted by molar-refractivity contribution is 7.88. The molecular weight excluding hydrogens is 399 g/mol. The Morgan fingerprint density at radius 3 is 2.21 bits per heavy atom. The Bertz CT molecular complexity index is 887. The minimum absolute atomic E-state index is 0.152. The number of benzene rings is 1. The van der Waals surface area contributed by atoms with Crippen molar-refractivity contribution >= 4 is 34.4 Å². The van der Waals surface area contributed by atoms with Crippen LogP contribution in [-0.4, -0.2) is 15.7 Å². The molecule has 2 aliphatic rings. The van der Waals surface area contributed by atoms with Crippen LogP contribution in [0.3, 0.4) is 0 Å². The number of nitrogens with two attached hydrogens (primary N) is 1. The molecule has 1 aromatic heterocycles. The van der Waals surface area contributed by atoms with E-state index in [4.69, 9.17) is 4.79 Å². The van der Waals surface area contributed by atoms with Gasteiger partial charge in [-0.3, -0.25) is 9.52 Å². The van der Waals surface area contributed by atoms with Crippen LogP contribution in [0.25, 0.3) is 0 Å². The second-order valence-electron chi connectivity index (χ2n) is 7.55. The van der Waals surface area contributed by atoms with Crippen molar-refractivity contribution < 1.29 is 18.5 Å². The molecule has 1 heterocycles. The molecule has 0 bridgehead atoms. The van der Waals surface area contributed by atoms with Crippen LogP contribution >= 0.6 is 11.3 Å². The van der Waals surface area contributed by atoms with Crippen LogP contribution in [0.15, 0.2) is 15.7 Å². The molecule has 4 rings (SSSR count). The van der Waals surface area contributed by atoms with Crippen molar-refractivity contribution in [3.63, 3.8) is 0 Å². The van der Waals surface area contributed by atoms with Crippen LogP contribution in [0.1, 0.15) is 54.5 Å². The van der Waals surface area contributed by atoms with Crippen LogP contribution in [-0.2, 0) is 47.1 Å². The largest absolute Gasteiger partial charge is 0.386 e. The molecule has 28 heavy (non-hydrogen) atoms. The Morgan fingerprint density at radius 1 is 1.21 bits per heavy atom. The number of thiophene rings is 1. The first-order chi connectivity index (χ1) is 13.3. The molecule has 0 fully saturated rings. The fraction of sp³-hybridized carbons (Fsp3) is 0.450. The monoisotopic (exact) mass is 424 g/mol. The van der Waals surface area contributed by atoms with E-state index in [9.17, 15) is 13.7 Å². The number of carbonyl (C=O) groups excluding carboxylic acids is 1. The predicted molar refractivity (Wildman–Crippen MR) is 110 cm³/mol. The lowest BCUT2D eigenvalue weighted by atomic mass is 9.99. The maximum atomic E-state index is 14.6. The van der Waals surface area contributed by atoms with Crippen LogP contribution in [0.5, 0.6) is 0 Å². The second kappa shape index (κ2) is 8.31. The fourth-order valence-corrected chi connectivity index (χ4v) is 6.19. The average molecular weight is 425 g/mol. The zero-order valence-electron chi connectivity index (χ0n) is 16.0. The molecule has 8 heteroatoms. The van der Waals surface area contributed by atoms with Gasteiger partial charge in [-0.1, -0.05) is 6.07 Å². The van der Waals surface area contributed by atoms with E-state index in [1.54, 1.807) is 5.38 Å². The summed E-state index contributed by atoms with van der Waals surface area (Å²) in [5, 5.41) is 11.6. The number of hydrogen-bond acceptors (Lipinski definition) is 4. The van der Waals surface area contributed by atoms with Crippen LogP contribution in [0.2, 0.25) is 0 Å². The topological polar surface area (TPSA) is 92.4 Å². The highest BCUT2D eigenvalue weighted by atomic mass is 32.2. The minimum atomic E-state index is -1.66. The van der Waals surface area contributed by atoms with Crippen molar-refractivity contribution in [3.05, 3.63) is 45.1 Å². The van der Waals surface area contributed by atoms with E-state index >= 15 is 0 Å². The molecule has 2 aliphatic carbocycles. The molecule has 0 saturated heterocycles. The van der Waals surface area contributed by atoms with E-state index < -0.39 is 22.4 Å². The number of amides is 1. The first-order valence-corrected chi connectivity index (χ1v) is 11.3. The fourth-order valence-electron chi connectivity index (χ4n) is 3.94. The Hall–Kier alpha value is -1.77. The predicted octanol–water partition coefficient (Wildman–Crippen LogP) is 3.33. The summed E-state index contributed by atoms with van der Waals surface area (Å²) in [6.45, 7) is 3.07. The van der Waals surface area contributed by atoms with Gasteiger partial charge in [-0.05, 0) is 74.6 Å². The van der Waals surface area contributed by atoms with Gasteiger partial charge in [0.2, 0.25) is 6.41 Å². The van der Waals surface area contributed by atoms with Crippen molar-refractivity contribution in [1.29, 1.82) is 0 Å². The molecule has 1 atom stereocenters.